The van der Waals surface area contributed by atoms with Crippen LogP contribution in [0.4, 0.5) is 10.1 Å². The van der Waals surface area contributed by atoms with E-state index < -0.39 is 0 Å². The van der Waals surface area contributed by atoms with E-state index in [9.17, 15) is 4.39 Å². The number of halogens is 1. The topological polar surface area (TPSA) is 35.2 Å². The minimum Gasteiger partial charge on any atom is -0.489 e. The van der Waals surface area contributed by atoms with E-state index in [1.807, 2.05) is 23.6 Å². The Hall–Kier alpha value is -2.07. The molecule has 19 heavy (non-hydrogen) atoms. The van der Waals surface area contributed by atoms with Gasteiger partial charge in [0.15, 0.2) is 0 Å². The zero-order valence-corrected chi connectivity index (χ0v) is 10.9. The lowest BCUT2D eigenvalue weighted by Crippen LogP contribution is -1.96. The molecule has 96 valence electrons. The number of hydrogen-bond acceptors (Lipinski definition) is 3. The number of nitrogen functional groups attached to an aromatic ring is 1. The van der Waals surface area contributed by atoms with E-state index in [2.05, 4.69) is 0 Å². The number of benzene rings is 2. The molecule has 2 N–H and O–H groups in total. The van der Waals surface area contributed by atoms with Crippen LogP contribution in [0, 0.1) is 5.82 Å². The summed E-state index contributed by atoms with van der Waals surface area (Å²) in [7, 11) is 0. The first-order valence-corrected chi connectivity index (χ1v) is 6.75. The van der Waals surface area contributed by atoms with E-state index >= 15 is 0 Å². The molecule has 0 aliphatic carbocycles. The number of ether oxygens (including phenoxy) is 1. The summed E-state index contributed by atoms with van der Waals surface area (Å²) in [5.74, 6) is 0.382. The molecular formula is C15H12FNOS. The molecule has 3 aromatic rings. The van der Waals surface area contributed by atoms with Crippen molar-refractivity contribution in [2.75, 3.05) is 5.73 Å². The number of rotatable bonds is 3. The Morgan fingerprint density at radius 1 is 1.11 bits per heavy atom. The second-order valence-electron chi connectivity index (χ2n) is 4.22. The summed E-state index contributed by atoms with van der Waals surface area (Å²) in [6, 6.07) is 11.9. The van der Waals surface area contributed by atoms with Gasteiger partial charge < -0.3 is 10.5 Å². The van der Waals surface area contributed by atoms with Crippen LogP contribution in [0.2, 0.25) is 0 Å². The number of thiophene rings is 1. The summed E-state index contributed by atoms with van der Waals surface area (Å²) in [6.45, 7) is 0.430. The van der Waals surface area contributed by atoms with Crippen LogP contribution in [-0.2, 0) is 6.61 Å². The zero-order valence-electron chi connectivity index (χ0n) is 10.1. The molecule has 0 unspecified atom stereocenters. The average Bonchev–Trinajstić information content (AvgIpc) is 2.83. The van der Waals surface area contributed by atoms with Gasteiger partial charge in [0.05, 0.1) is 0 Å². The molecule has 0 aliphatic rings. The van der Waals surface area contributed by atoms with Crippen molar-refractivity contribution in [2.24, 2.45) is 0 Å². The molecule has 0 bridgehead atoms. The van der Waals surface area contributed by atoms with Crippen LogP contribution < -0.4 is 10.5 Å². The smallest absolute Gasteiger partial charge is 0.123 e. The molecule has 0 saturated heterocycles. The van der Waals surface area contributed by atoms with Gasteiger partial charge in [-0.1, -0.05) is 6.07 Å². The molecule has 0 saturated carbocycles. The number of anilines is 1. The van der Waals surface area contributed by atoms with E-state index in [4.69, 9.17) is 10.5 Å². The minimum absolute atomic E-state index is 0.266. The summed E-state index contributed by atoms with van der Waals surface area (Å²) in [4.78, 5) is 0. The molecule has 0 spiro atoms. The van der Waals surface area contributed by atoms with Crippen LogP contribution in [0.25, 0.3) is 10.1 Å². The van der Waals surface area contributed by atoms with Crippen molar-refractivity contribution in [3.8, 4) is 5.75 Å². The lowest BCUT2D eigenvalue weighted by atomic mass is 10.1. The Balaban J connectivity index is 1.84. The molecule has 3 rings (SSSR count). The molecule has 2 aromatic carbocycles. The molecule has 1 heterocycles. The highest BCUT2D eigenvalue weighted by Crippen LogP contribution is 2.31. The maximum Gasteiger partial charge on any atom is 0.123 e. The van der Waals surface area contributed by atoms with E-state index in [-0.39, 0.29) is 5.82 Å². The second-order valence-corrected chi connectivity index (χ2v) is 5.14. The first-order chi connectivity index (χ1) is 9.24. The Labute approximate surface area is 114 Å². The standard InChI is InChI=1S/C15H12FNOS/c16-11-4-6-12(7-5-11)18-8-10-9-19-14-3-1-2-13(17)15(10)14/h1-7,9H,8,17H2. The molecule has 0 aliphatic heterocycles. The third-order valence-electron chi connectivity index (χ3n) is 2.92. The Bertz CT molecular complexity index is 706. The predicted molar refractivity (Wildman–Crippen MR) is 77.0 cm³/mol. The van der Waals surface area contributed by atoms with E-state index in [1.165, 1.54) is 12.1 Å². The summed E-state index contributed by atoms with van der Waals surface area (Å²) in [5.41, 5.74) is 7.81. The fourth-order valence-corrected chi connectivity index (χ4v) is 2.96. The van der Waals surface area contributed by atoms with Crippen molar-refractivity contribution in [2.45, 2.75) is 6.61 Å². The van der Waals surface area contributed by atoms with Crippen molar-refractivity contribution in [3.63, 3.8) is 0 Å². The maximum absolute atomic E-state index is 12.8. The second kappa shape index (κ2) is 4.90. The number of fused-ring (bicyclic) bond motifs is 1. The Morgan fingerprint density at radius 2 is 1.89 bits per heavy atom. The largest absolute Gasteiger partial charge is 0.489 e. The molecule has 1 aromatic heterocycles. The van der Waals surface area contributed by atoms with Crippen LogP contribution in [0.5, 0.6) is 5.75 Å². The van der Waals surface area contributed by atoms with Crippen LogP contribution in [-0.4, -0.2) is 0 Å². The monoisotopic (exact) mass is 273 g/mol. The van der Waals surface area contributed by atoms with Crippen molar-refractivity contribution in [1.82, 2.24) is 0 Å². The summed E-state index contributed by atoms with van der Waals surface area (Å²) in [5, 5.41) is 3.10. The summed E-state index contributed by atoms with van der Waals surface area (Å²) >= 11 is 1.65. The highest BCUT2D eigenvalue weighted by Gasteiger charge is 2.07. The zero-order chi connectivity index (χ0) is 13.2. The van der Waals surface area contributed by atoms with Crippen molar-refractivity contribution < 1.29 is 9.13 Å². The first-order valence-electron chi connectivity index (χ1n) is 5.87. The van der Waals surface area contributed by atoms with E-state index in [0.29, 0.717) is 12.4 Å². The maximum atomic E-state index is 12.8. The fourth-order valence-electron chi connectivity index (χ4n) is 1.98. The van der Waals surface area contributed by atoms with Gasteiger partial charge in [-0.15, -0.1) is 11.3 Å². The van der Waals surface area contributed by atoms with E-state index in [0.717, 1.165) is 21.3 Å². The lowest BCUT2D eigenvalue weighted by molar-refractivity contribution is 0.307. The van der Waals surface area contributed by atoms with Gasteiger partial charge in [-0.25, -0.2) is 4.39 Å². The molecule has 0 fully saturated rings. The normalized spacial score (nSPS) is 10.8. The molecule has 2 nitrogen and oxygen atoms in total. The average molecular weight is 273 g/mol. The molecule has 0 amide bonds. The Morgan fingerprint density at radius 3 is 2.68 bits per heavy atom. The molecule has 4 heteroatoms. The summed E-state index contributed by atoms with van der Waals surface area (Å²) in [6.07, 6.45) is 0. The van der Waals surface area contributed by atoms with Gasteiger partial charge in [0, 0.05) is 21.3 Å². The van der Waals surface area contributed by atoms with Crippen LogP contribution >= 0.6 is 11.3 Å². The van der Waals surface area contributed by atoms with Gasteiger partial charge in [0.2, 0.25) is 0 Å². The molecular weight excluding hydrogens is 261 g/mol. The van der Waals surface area contributed by atoms with Crippen LogP contribution in [0.3, 0.4) is 0 Å². The lowest BCUT2D eigenvalue weighted by Gasteiger charge is -2.06. The first kappa shape index (κ1) is 12.0. The number of hydrogen-bond donors (Lipinski definition) is 1. The fraction of sp³-hybridized carbons (Fsp3) is 0.0667. The minimum atomic E-state index is -0.266. The highest BCUT2D eigenvalue weighted by molar-refractivity contribution is 7.17. The van der Waals surface area contributed by atoms with Gasteiger partial charge in [-0.2, -0.15) is 0 Å². The van der Waals surface area contributed by atoms with Crippen molar-refractivity contribution in [1.29, 1.82) is 0 Å². The van der Waals surface area contributed by atoms with Gasteiger partial charge in [-0.05, 0) is 41.8 Å². The SMILES string of the molecule is Nc1cccc2scc(COc3ccc(F)cc3)c12. The highest BCUT2D eigenvalue weighted by atomic mass is 32.1. The van der Waals surface area contributed by atoms with E-state index in [1.54, 1.807) is 23.5 Å². The quantitative estimate of drug-likeness (QED) is 0.726. The molecule has 0 radical (unpaired) electrons. The Kier molecular flexibility index (Phi) is 3.09. The number of nitrogens with two attached hydrogens (primary N) is 1. The van der Waals surface area contributed by atoms with Crippen molar-refractivity contribution >= 4 is 27.1 Å². The van der Waals surface area contributed by atoms with Gasteiger partial charge in [0.25, 0.3) is 0 Å². The third-order valence-corrected chi connectivity index (χ3v) is 3.91. The van der Waals surface area contributed by atoms with Crippen LogP contribution in [0.15, 0.2) is 47.8 Å². The summed E-state index contributed by atoms with van der Waals surface area (Å²) < 4.78 is 19.6. The third kappa shape index (κ3) is 2.39. The predicted octanol–water partition coefficient (Wildman–Crippen LogP) is 4.20. The molecule has 0 atom stereocenters. The van der Waals surface area contributed by atoms with Crippen molar-refractivity contribution in [3.05, 3.63) is 59.2 Å². The van der Waals surface area contributed by atoms with Crippen LogP contribution in [0.1, 0.15) is 5.56 Å². The van der Waals surface area contributed by atoms with Gasteiger partial charge in [0.1, 0.15) is 18.2 Å². The van der Waals surface area contributed by atoms with Gasteiger partial charge >= 0.3 is 0 Å². The van der Waals surface area contributed by atoms with Gasteiger partial charge in [-0.3, -0.25) is 0 Å².